The Balaban J connectivity index is 1.82. The molecule has 2 N–H and O–H groups in total. The lowest BCUT2D eigenvalue weighted by Gasteiger charge is -2.38. The second-order valence-corrected chi connectivity index (χ2v) is 5.08. The highest BCUT2D eigenvalue weighted by atomic mass is 35.5. The van der Waals surface area contributed by atoms with Crippen LogP contribution in [-0.2, 0) is 0 Å². The van der Waals surface area contributed by atoms with E-state index in [0.29, 0.717) is 17.0 Å². The molecule has 0 aliphatic carbocycles. The summed E-state index contributed by atoms with van der Waals surface area (Å²) in [6, 6.07) is 0.649. The first-order valence-corrected chi connectivity index (χ1v) is 6.39. The SMILES string of the molecule is Nc1ncc(Cl)c(N2CCN3CCCC3C2)n1. The number of aromatic nitrogens is 2. The smallest absolute Gasteiger partial charge is 0.222 e. The average Bonchev–Trinajstić information content (AvgIpc) is 2.79. The highest BCUT2D eigenvalue weighted by Crippen LogP contribution is 2.28. The summed E-state index contributed by atoms with van der Waals surface area (Å²) in [6.07, 6.45) is 4.16. The molecule has 3 heterocycles. The van der Waals surface area contributed by atoms with Gasteiger partial charge in [-0.2, -0.15) is 4.98 Å². The van der Waals surface area contributed by atoms with Crippen LogP contribution in [0.15, 0.2) is 6.20 Å². The van der Waals surface area contributed by atoms with Gasteiger partial charge in [0, 0.05) is 25.7 Å². The molecule has 2 fully saturated rings. The van der Waals surface area contributed by atoms with Crippen LogP contribution in [0.1, 0.15) is 12.8 Å². The van der Waals surface area contributed by atoms with Crippen LogP contribution in [0, 0.1) is 0 Å². The molecule has 0 aromatic carbocycles. The maximum Gasteiger partial charge on any atom is 0.222 e. The number of anilines is 2. The third-order valence-corrected chi connectivity index (χ3v) is 3.90. The van der Waals surface area contributed by atoms with Gasteiger partial charge >= 0.3 is 0 Å². The van der Waals surface area contributed by atoms with Crippen molar-refractivity contribution >= 4 is 23.4 Å². The Kier molecular flexibility index (Phi) is 2.80. The Morgan fingerprint density at radius 1 is 1.35 bits per heavy atom. The molecule has 1 atom stereocenters. The van der Waals surface area contributed by atoms with Crippen LogP contribution in [0.2, 0.25) is 5.02 Å². The molecule has 0 amide bonds. The molecular weight excluding hydrogens is 238 g/mol. The van der Waals surface area contributed by atoms with E-state index in [1.54, 1.807) is 6.20 Å². The summed E-state index contributed by atoms with van der Waals surface area (Å²) in [7, 11) is 0. The van der Waals surface area contributed by atoms with E-state index >= 15 is 0 Å². The summed E-state index contributed by atoms with van der Waals surface area (Å²) in [6.45, 7) is 4.28. The fraction of sp³-hybridized carbons (Fsp3) is 0.636. The van der Waals surface area contributed by atoms with Gasteiger partial charge in [-0.1, -0.05) is 11.6 Å². The number of fused-ring (bicyclic) bond motifs is 1. The van der Waals surface area contributed by atoms with Gasteiger partial charge in [-0.15, -0.1) is 0 Å². The van der Waals surface area contributed by atoms with Crippen LogP contribution in [0.5, 0.6) is 0 Å². The van der Waals surface area contributed by atoms with Crippen LogP contribution < -0.4 is 10.6 Å². The van der Waals surface area contributed by atoms with Gasteiger partial charge in [-0.05, 0) is 19.4 Å². The molecule has 1 aromatic heterocycles. The normalized spacial score (nSPS) is 25.0. The Morgan fingerprint density at radius 3 is 3.12 bits per heavy atom. The van der Waals surface area contributed by atoms with Crippen LogP contribution in [-0.4, -0.2) is 47.1 Å². The minimum absolute atomic E-state index is 0.290. The Morgan fingerprint density at radius 2 is 2.24 bits per heavy atom. The Hall–Kier alpha value is -1.07. The Bertz CT molecular complexity index is 424. The predicted molar refractivity (Wildman–Crippen MR) is 68.3 cm³/mol. The van der Waals surface area contributed by atoms with Gasteiger partial charge in [0.25, 0.3) is 0 Å². The molecule has 0 bridgehead atoms. The number of rotatable bonds is 1. The lowest BCUT2D eigenvalue weighted by Crippen LogP contribution is -2.50. The highest BCUT2D eigenvalue weighted by Gasteiger charge is 2.31. The fourth-order valence-electron chi connectivity index (χ4n) is 2.78. The van der Waals surface area contributed by atoms with E-state index in [9.17, 15) is 0 Å². The molecule has 0 spiro atoms. The molecule has 0 saturated carbocycles. The monoisotopic (exact) mass is 253 g/mol. The van der Waals surface area contributed by atoms with Crippen LogP contribution in [0.25, 0.3) is 0 Å². The number of piperazine rings is 1. The number of halogens is 1. The molecule has 6 heteroatoms. The third-order valence-electron chi connectivity index (χ3n) is 3.63. The summed E-state index contributed by atoms with van der Waals surface area (Å²) in [5, 5.41) is 0.589. The molecule has 2 aliphatic rings. The minimum atomic E-state index is 0.290. The summed E-state index contributed by atoms with van der Waals surface area (Å²) in [5.41, 5.74) is 5.62. The van der Waals surface area contributed by atoms with E-state index in [4.69, 9.17) is 17.3 Å². The molecule has 1 aromatic rings. The topological polar surface area (TPSA) is 58.3 Å². The molecule has 1 unspecified atom stereocenters. The number of nitrogens with zero attached hydrogens (tertiary/aromatic N) is 4. The van der Waals surface area contributed by atoms with E-state index in [0.717, 1.165) is 25.5 Å². The van der Waals surface area contributed by atoms with Crippen LogP contribution in [0.4, 0.5) is 11.8 Å². The second-order valence-electron chi connectivity index (χ2n) is 4.68. The van der Waals surface area contributed by atoms with E-state index < -0.39 is 0 Å². The first kappa shape index (κ1) is 11.0. The molecule has 5 nitrogen and oxygen atoms in total. The zero-order valence-electron chi connectivity index (χ0n) is 9.64. The molecular formula is C11H16ClN5. The van der Waals surface area contributed by atoms with Crippen LogP contribution >= 0.6 is 11.6 Å². The van der Waals surface area contributed by atoms with E-state index in [1.165, 1.54) is 19.4 Å². The first-order valence-electron chi connectivity index (χ1n) is 6.01. The maximum atomic E-state index is 6.14. The third kappa shape index (κ3) is 2.05. The van der Waals surface area contributed by atoms with E-state index in [-0.39, 0.29) is 0 Å². The largest absolute Gasteiger partial charge is 0.368 e. The molecule has 0 radical (unpaired) electrons. The summed E-state index contributed by atoms with van der Waals surface area (Å²) < 4.78 is 0. The van der Waals surface area contributed by atoms with Crippen molar-refractivity contribution in [3.05, 3.63) is 11.2 Å². The maximum absolute atomic E-state index is 6.14. The lowest BCUT2D eigenvalue weighted by molar-refractivity contribution is 0.230. The fourth-order valence-corrected chi connectivity index (χ4v) is 2.99. The van der Waals surface area contributed by atoms with Crippen molar-refractivity contribution in [2.45, 2.75) is 18.9 Å². The zero-order valence-corrected chi connectivity index (χ0v) is 10.4. The first-order chi connectivity index (χ1) is 8.24. The second kappa shape index (κ2) is 4.31. The van der Waals surface area contributed by atoms with Crippen molar-refractivity contribution in [1.29, 1.82) is 0 Å². The van der Waals surface area contributed by atoms with E-state index in [1.807, 2.05) is 0 Å². The van der Waals surface area contributed by atoms with Crippen molar-refractivity contribution < 1.29 is 0 Å². The number of nitrogen functional groups attached to an aromatic ring is 1. The predicted octanol–water partition coefficient (Wildman–Crippen LogP) is 0.997. The van der Waals surface area contributed by atoms with Gasteiger partial charge in [0.2, 0.25) is 5.95 Å². The molecule has 3 rings (SSSR count). The summed E-state index contributed by atoms with van der Waals surface area (Å²) >= 11 is 6.14. The molecule has 2 saturated heterocycles. The Labute approximate surface area is 106 Å². The molecule has 17 heavy (non-hydrogen) atoms. The molecule has 92 valence electrons. The van der Waals surface area contributed by atoms with Crippen LogP contribution in [0.3, 0.4) is 0 Å². The zero-order chi connectivity index (χ0) is 11.8. The summed E-state index contributed by atoms with van der Waals surface area (Å²) in [5.74, 6) is 1.07. The molecule has 2 aliphatic heterocycles. The minimum Gasteiger partial charge on any atom is -0.368 e. The number of nitrogens with two attached hydrogens (primary N) is 1. The van der Waals surface area contributed by atoms with Crippen molar-refractivity contribution in [3.63, 3.8) is 0 Å². The van der Waals surface area contributed by atoms with Gasteiger partial charge in [0.05, 0.1) is 6.20 Å². The van der Waals surface area contributed by atoms with E-state index in [2.05, 4.69) is 19.8 Å². The van der Waals surface area contributed by atoms with Crippen molar-refractivity contribution in [2.24, 2.45) is 0 Å². The quantitative estimate of drug-likeness (QED) is 0.809. The lowest BCUT2D eigenvalue weighted by atomic mass is 10.1. The number of hydrogen-bond acceptors (Lipinski definition) is 5. The van der Waals surface area contributed by atoms with Gasteiger partial charge in [0.15, 0.2) is 5.82 Å². The van der Waals surface area contributed by atoms with Crippen molar-refractivity contribution in [1.82, 2.24) is 14.9 Å². The number of hydrogen-bond donors (Lipinski definition) is 1. The average molecular weight is 254 g/mol. The van der Waals surface area contributed by atoms with Crippen molar-refractivity contribution in [2.75, 3.05) is 36.8 Å². The van der Waals surface area contributed by atoms with Crippen molar-refractivity contribution in [3.8, 4) is 0 Å². The van der Waals surface area contributed by atoms with Gasteiger partial charge in [-0.3, -0.25) is 4.90 Å². The standard InChI is InChI=1S/C11H16ClN5/c12-9-6-14-11(13)15-10(9)17-5-4-16-3-1-2-8(16)7-17/h6,8H,1-5,7H2,(H2,13,14,15). The van der Waals surface area contributed by atoms with Gasteiger partial charge < -0.3 is 10.6 Å². The van der Waals surface area contributed by atoms with Gasteiger partial charge in [0.1, 0.15) is 5.02 Å². The highest BCUT2D eigenvalue weighted by molar-refractivity contribution is 6.32. The van der Waals surface area contributed by atoms with Gasteiger partial charge in [-0.25, -0.2) is 4.98 Å². The summed E-state index contributed by atoms with van der Waals surface area (Å²) in [4.78, 5) is 12.9.